The molecule has 0 saturated heterocycles. The topological polar surface area (TPSA) is 54.3 Å². The van der Waals surface area contributed by atoms with Crippen LogP contribution in [0.1, 0.15) is 68.0 Å². The summed E-state index contributed by atoms with van der Waals surface area (Å²) >= 11 is 0. The number of carbonyl (C=O) groups excluding carboxylic acids is 1. The number of para-hydroxylation sites is 2. The molecule has 1 amide bonds. The maximum absolute atomic E-state index is 12.7. The van der Waals surface area contributed by atoms with E-state index in [0.717, 1.165) is 34.7 Å². The van der Waals surface area contributed by atoms with Crippen molar-refractivity contribution < 1.29 is 9.21 Å². The molecule has 3 aromatic rings. The second-order valence-electron chi connectivity index (χ2n) is 8.63. The first-order chi connectivity index (χ1) is 14.7. The number of fused-ring (bicyclic) bond motifs is 1. The van der Waals surface area contributed by atoms with Gasteiger partial charge in [-0.1, -0.05) is 74.9 Å². The molecule has 2 N–H and O–H groups in total. The largest absolute Gasteiger partial charge is 0.451 e. The molecule has 1 aliphatic rings. The highest BCUT2D eigenvalue weighted by Crippen LogP contribution is 2.27. The van der Waals surface area contributed by atoms with Crippen molar-refractivity contribution in [2.24, 2.45) is 5.92 Å². The third kappa shape index (κ3) is 5.31. The molecule has 0 bridgehead atoms. The van der Waals surface area contributed by atoms with Gasteiger partial charge in [0, 0.05) is 23.7 Å². The molecule has 4 heteroatoms. The van der Waals surface area contributed by atoms with Gasteiger partial charge in [0.25, 0.3) is 5.91 Å². The molecule has 0 unspecified atom stereocenters. The van der Waals surface area contributed by atoms with Crippen molar-refractivity contribution in [3.8, 4) is 0 Å². The van der Waals surface area contributed by atoms with Crippen molar-refractivity contribution >= 4 is 22.6 Å². The van der Waals surface area contributed by atoms with E-state index in [0.29, 0.717) is 11.8 Å². The molecule has 2 aromatic carbocycles. The molecule has 1 heterocycles. The van der Waals surface area contributed by atoms with Crippen LogP contribution in [0.5, 0.6) is 0 Å². The summed E-state index contributed by atoms with van der Waals surface area (Å²) in [4.78, 5) is 12.7. The first-order valence-electron chi connectivity index (χ1n) is 11.3. The van der Waals surface area contributed by atoms with Crippen LogP contribution in [0.2, 0.25) is 0 Å². The average molecular weight is 405 g/mol. The summed E-state index contributed by atoms with van der Waals surface area (Å²) in [6.45, 7) is 3.02. The monoisotopic (exact) mass is 404 g/mol. The van der Waals surface area contributed by atoms with Gasteiger partial charge in [0.1, 0.15) is 5.58 Å². The van der Waals surface area contributed by atoms with Gasteiger partial charge in [-0.05, 0) is 43.0 Å². The lowest BCUT2D eigenvalue weighted by Gasteiger charge is -2.21. The molecule has 1 saturated carbocycles. The van der Waals surface area contributed by atoms with Crippen molar-refractivity contribution in [3.05, 3.63) is 65.9 Å². The highest BCUT2D eigenvalue weighted by Gasteiger charge is 2.17. The smallest absolute Gasteiger partial charge is 0.291 e. The van der Waals surface area contributed by atoms with Crippen LogP contribution in [0, 0.1) is 5.92 Å². The zero-order valence-electron chi connectivity index (χ0n) is 17.8. The van der Waals surface area contributed by atoms with Gasteiger partial charge in [-0.2, -0.15) is 0 Å². The predicted octanol–water partition coefficient (Wildman–Crippen LogP) is 6.52. The van der Waals surface area contributed by atoms with Crippen molar-refractivity contribution in [1.29, 1.82) is 0 Å². The molecule has 0 spiro atoms. The van der Waals surface area contributed by atoms with Gasteiger partial charge in [0.15, 0.2) is 5.76 Å². The van der Waals surface area contributed by atoms with Crippen LogP contribution in [0.4, 0.5) is 5.69 Å². The number of hydrogen-bond acceptors (Lipinski definition) is 3. The van der Waals surface area contributed by atoms with Crippen LogP contribution in [0.25, 0.3) is 11.0 Å². The zero-order valence-corrected chi connectivity index (χ0v) is 17.8. The molecule has 4 nitrogen and oxygen atoms in total. The van der Waals surface area contributed by atoms with E-state index in [-0.39, 0.29) is 5.91 Å². The van der Waals surface area contributed by atoms with Crippen molar-refractivity contribution in [2.75, 3.05) is 5.32 Å². The maximum Gasteiger partial charge on any atom is 0.291 e. The number of rotatable bonds is 7. The standard InChI is InChI=1S/C26H32N2O2/c1-19(16-20-10-4-2-3-5-11-20)27-18-22-13-6-8-14-23(22)28-26(29)25-17-21-12-7-9-15-24(21)30-25/h6-9,12-15,17,19-20,27H,2-5,10-11,16,18H2,1H3,(H,28,29)/t19-/m0/s1. The van der Waals surface area contributed by atoms with Crippen LogP contribution in [-0.2, 0) is 6.54 Å². The van der Waals surface area contributed by atoms with Crippen LogP contribution in [-0.4, -0.2) is 11.9 Å². The Morgan fingerprint density at radius 1 is 1.03 bits per heavy atom. The van der Waals surface area contributed by atoms with Gasteiger partial charge in [0.05, 0.1) is 0 Å². The minimum atomic E-state index is -0.217. The highest BCUT2D eigenvalue weighted by atomic mass is 16.3. The minimum Gasteiger partial charge on any atom is -0.451 e. The summed E-state index contributed by atoms with van der Waals surface area (Å²) in [6, 6.07) is 17.9. The van der Waals surface area contributed by atoms with E-state index < -0.39 is 0 Å². The Labute approximate surface area is 179 Å². The molecule has 1 atom stereocenters. The molecular formula is C26H32N2O2. The van der Waals surface area contributed by atoms with E-state index in [1.54, 1.807) is 6.07 Å². The fraction of sp³-hybridized carbons (Fsp3) is 0.423. The average Bonchev–Trinajstić information content (AvgIpc) is 3.04. The van der Waals surface area contributed by atoms with Gasteiger partial charge < -0.3 is 15.1 Å². The van der Waals surface area contributed by atoms with Crippen LogP contribution >= 0.6 is 0 Å². The van der Waals surface area contributed by atoms with E-state index >= 15 is 0 Å². The molecule has 0 radical (unpaired) electrons. The van der Waals surface area contributed by atoms with E-state index in [1.165, 1.54) is 44.9 Å². The van der Waals surface area contributed by atoms with Crippen molar-refractivity contribution in [1.82, 2.24) is 5.32 Å². The maximum atomic E-state index is 12.7. The lowest BCUT2D eigenvalue weighted by Crippen LogP contribution is -2.28. The van der Waals surface area contributed by atoms with E-state index in [9.17, 15) is 4.79 Å². The molecule has 4 rings (SSSR count). The fourth-order valence-corrected chi connectivity index (χ4v) is 4.54. The second kappa shape index (κ2) is 9.94. The number of hydrogen-bond donors (Lipinski definition) is 2. The molecule has 1 aromatic heterocycles. The molecular weight excluding hydrogens is 372 g/mol. The van der Waals surface area contributed by atoms with E-state index in [4.69, 9.17) is 4.42 Å². The summed E-state index contributed by atoms with van der Waals surface area (Å²) < 4.78 is 5.71. The summed E-state index contributed by atoms with van der Waals surface area (Å²) in [7, 11) is 0. The van der Waals surface area contributed by atoms with Crippen LogP contribution in [0.15, 0.2) is 59.0 Å². The Morgan fingerprint density at radius 2 is 1.77 bits per heavy atom. The third-order valence-electron chi connectivity index (χ3n) is 6.22. The number of benzene rings is 2. The number of nitrogens with one attached hydrogen (secondary N) is 2. The summed E-state index contributed by atoms with van der Waals surface area (Å²) in [5.74, 6) is 0.962. The first kappa shape index (κ1) is 20.7. The number of anilines is 1. The van der Waals surface area contributed by atoms with Crippen molar-refractivity contribution in [2.45, 2.75) is 64.5 Å². The number of carbonyl (C=O) groups is 1. The van der Waals surface area contributed by atoms with Gasteiger partial charge in [0.2, 0.25) is 0 Å². The van der Waals surface area contributed by atoms with Gasteiger partial charge in [-0.3, -0.25) is 4.79 Å². The van der Waals surface area contributed by atoms with Crippen LogP contribution in [0.3, 0.4) is 0 Å². The van der Waals surface area contributed by atoms with Crippen molar-refractivity contribution in [3.63, 3.8) is 0 Å². The molecule has 30 heavy (non-hydrogen) atoms. The Bertz CT molecular complexity index is 937. The number of furan rings is 1. The molecule has 1 fully saturated rings. The lowest BCUT2D eigenvalue weighted by molar-refractivity contribution is 0.0998. The molecule has 1 aliphatic carbocycles. The Morgan fingerprint density at radius 3 is 2.57 bits per heavy atom. The highest BCUT2D eigenvalue weighted by molar-refractivity contribution is 6.04. The summed E-state index contributed by atoms with van der Waals surface area (Å²) in [5.41, 5.74) is 2.65. The third-order valence-corrected chi connectivity index (χ3v) is 6.22. The minimum absolute atomic E-state index is 0.217. The first-order valence-corrected chi connectivity index (χ1v) is 11.3. The van der Waals surface area contributed by atoms with Gasteiger partial charge in [-0.15, -0.1) is 0 Å². The quantitative estimate of drug-likeness (QED) is 0.441. The van der Waals surface area contributed by atoms with E-state index in [1.807, 2.05) is 42.5 Å². The normalized spacial score (nSPS) is 16.3. The predicted molar refractivity (Wildman–Crippen MR) is 123 cm³/mol. The lowest BCUT2D eigenvalue weighted by atomic mass is 9.93. The SMILES string of the molecule is C[C@@H](CC1CCCCCC1)NCc1ccccc1NC(=O)c1cc2ccccc2o1. The fourth-order valence-electron chi connectivity index (χ4n) is 4.54. The Balaban J connectivity index is 1.36. The van der Waals surface area contributed by atoms with Gasteiger partial charge >= 0.3 is 0 Å². The Kier molecular flexibility index (Phi) is 6.85. The molecule has 0 aliphatic heterocycles. The second-order valence-corrected chi connectivity index (χ2v) is 8.63. The Hall–Kier alpha value is -2.59. The zero-order chi connectivity index (χ0) is 20.8. The summed E-state index contributed by atoms with van der Waals surface area (Å²) in [5, 5.41) is 7.63. The van der Waals surface area contributed by atoms with Crippen LogP contribution < -0.4 is 10.6 Å². The molecule has 158 valence electrons. The summed E-state index contributed by atoms with van der Waals surface area (Å²) in [6.07, 6.45) is 9.54. The van der Waals surface area contributed by atoms with Gasteiger partial charge in [-0.25, -0.2) is 0 Å². The van der Waals surface area contributed by atoms with E-state index in [2.05, 4.69) is 23.6 Å². The number of amides is 1.